The van der Waals surface area contributed by atoms with Crippen molar-refractivity contribution in [1.82, 2.24) is 9.97 Å². The van der Waals surface area contributed by atoms with Crippen LogP contribution in [0.3, 0.4) is 0 Å². The van der Waals surface area contributed by atoms with Crippen molar-refractivity contribution in [2.24, 2.45) is 0 Å². The maximum Gasteiger partial charge on any atom is 0.137 e. The molecule has 5 heteroatoms. The fourth-order valence-corrected chi connectivity index (χ4v) is 9.00. The second kappa shape index (κ2) is 12.4. The Hall–Kier alpha value is -5.62. The van der Waals surface area contributed by atoms with Crippen LogP contribution in [0.4, 0.5) is 0 Å². The van der Waals surface area contributed by atoms with Gasteiger partial charge in [-0.15, -0.1) is 22.7 Å². The van der Waals surface area contributed by atoms with Crippen molar-refractivity contribution in [2.75, 3.05) is 0 Å². The van der Waals surface area contributed by atoms with Crippen LogP contribution < -0.4 is 0 Å². The van der Waals surface area contributed by atoms with Gasteiger partial charge in [-0.25, -0.2) is 9.97 Å². The third-order valence-corrected chi connectivity index (χ3v) is 11.5. The van der Waals surface area contributed by atoms with Gasteiger partial charge >= 0.3 is 0 Å². The highest BCUT2D eigenvalue weighted by Crippen LogP contribution is 2.43. The third-order valence-electron chi connectivity index (χ3n) is 9.29. The fraction of sp³-hybridized carbons (Fsp3) is 0.0667. The van der Waals surface area contributed by atoms with Crippen molar-refractivity contribution in [3.8, 4) is 44.7 Å². The van der Waals surface area contributed by atoms with Crippen LogP contribution in [0, 0.1) is 20.8 Å². The van der Waals surface area contributed by atoms with Gasteiger partial charge < -0.3 is 4.42 Å². The number of fused-ring (bicyclic) bond motifs is 8. The van der Waals surface area contributed by atoms with Gasteiger partial charge in [-0.05, 0) is 98.2 Å². The highest BCUT2D eigenvalue weighted by molar-refractivity contribution is 7.24. The van der Waals surface area contributed by atoms with Crippen LogP contribution in [0.2, 0.25) is 0 Å². The molecule has 50 heavy (non-hydrogen) atoms. The zero-order valence-corrected chi connectivity index (χ0v) is 29.5. The van der Waals surface area contributed by atoms with Gasteiger partial charge in [-0.1, -0.05) is 89.5 Å². The fourth-order valence-electron chi connectivity index (χ4n) is 6.70. The molecule has 0 aliphatic carbocycles. The largest absolute Gasteiger partial charge is 0.464 e. The number of aryl methyl sites for hydroxylation is 3. The summed E-state index contributed by atoms with van der Waals surface area (Å²) >= 11 is 3.53. The summed E-state index contributed by atoms with van der Waals surface area (Å²) in [7, 11) is 0. The number of hydrogen-bond donors (Lipinski definition) is 0. The second-order valence-electron chi connectivity index (χ2n) is 12.8. The molecule has 3 nitrogen and oxygen atoms in total. The first-order valence-electron chi connectivity index (χ1n) is 16.7. The first-order chi connectivity index (χ1) is 24.5. The molecule has 9 rings (SSSR count). The zero-order valence-electron chi connectivity index (χ0n) is 27.9. The average Bonchev–Trinajstić information content (AvgIpc) is 3.97. The van der Waals surface area contributed by atoms with E-state index in [4.69, 9.17) is 14.4 Å². The van der Waals surface area contributed by atoms with E-state index in [1.54, 1.807) is 28.9 Å². The van der Waals surface area contributed by atoms with Crippen LogP contribution in [-0.2, 0) is 0 Å². The molecule has 7 aromatic rings. The standard InChI is InChI=1S/C45H32N2OS2/c1-27-6-12-30(13-7-27)42-33-18-19-34(46-33)43(31-14-8-28(2)9-15-31)40-24-25-41(50-40)45(37-5-4-26-48-37)36-21-20-35(47-36)44(39-23-22-38(42)49-39)32-16-10-29(3)11-17-32/h4-26H,1-3H3. The maximum atomic E-state index is 6.07. The van der Waals surface area contributed by atoms with E-state index in [2.05, 4.69) is 142 Å². The Bertz CT molecular complexity index is 2590. The SMILES string of the molecule is Cc1ccc(-c2c3nc(c(-c4ccc(C)cc4)c4ccc(s4)c(-c4ccco4)c4nc(c(-c5ccc(C)cc5)c5ccc2s5)C=C4)C=C3)cc1. The first-order valence-corrected chi connectivity index (χ1v) is 18.3. The Labute approximate surface area is 299 Å². The second-order valence-corrected chi connectivity index (χ2v) is 15.0. The minimum absolute atomic E-state index is 0.794. The lowest BCUT2D eigenvalue weighted by atomic mass is 10.0. The molecule has 0 amide bonds. The molecular formula is C45H32N2OS2. The van der Waals surface area contributed by atoms with Gasteiger partial charge in [0.2, 0.25) is 0 Å². The van der Waals surface area contributed by atoms with E-state index in [9.17, 15) is 0 Å². The van der Waals surface area contributed by atoms with Crippen molar-refractivity contribution in [3.05, 3.63) is 155 Å². The predicted molar refractivity (Wildman–Crippen MR) is 214 cm³/mol. The molecular weight excluding hydrogens is 649 g/mol. The normalized spacial score (nSPS) is 12.1. The van der Waals surface area contributed by atoms with Crippen LogP contribution in [-0.4, -0.2) is 9.97 Å². The summed E-state index contributed by atoms with van der Waals surface area (Å²) in [6.45, 7) is 6.38. The topological polar surface area (TPSA) is 38.9 Å². The Morgan fingerprint density at radius 2 is 0.740 bits per heavy atom. The number of rotatable bonds is 4. The van der Waals surface area contributed by atoms with Gasteiger partial charge in [0.1, 0.15) is 5.76 Å². The van der Waals surface area contributed by atoms with E-state index in [1.807, 2.05) is 12.1 Å². The molecule has 0 unspecified atom stereocenters. The van der Waals surface area contributed by atoms with Crippen molar-refractivity contribution < 1.29 is 4.42 Å². The van der Waals surface area contributed by atoms with E-state index < -0.39 is 0 Å². The quantitative estimate of drug-likeness (QED) is 0.186. The molecule has 0 saturated heterocycles. The molecule has 0 radical (unpaired) electrons. The average molecular weight is 681 g/mol. The first kappa shape index (κ1) is 30.4. The molecule has 240 valence electrons. The summed E-state index contributed by atoms with van der Waals surface area (Å²) in [6, 6.07) is 39.2. The molecule has 8 bridgehead atoms. The summed E-state index contributed by atoms with van der Waals surface area (Å²) in [5.74, 6) is 0.794. The minimum Gasteiger partial charge on any atom is -0.464 e. The summed E-state index contributed by atoms with van der Waals surface area (Å²) in [6.07, 6.45) is 10.4. The molecule has 0 N–H and O–H groups in total. The number of thiophene rings is 2. The Morgan fingerprint density at radius 1 is 0.400 bits per heavy atom. The molecule has 3 aromatic carbocycles. The van der Waals surface area contributed by atoms with Gasteiger partial charge in [0.15, 0.2) is 0 Å². The Balaban J connectivity index is 1.47. The Morgan fingerprint density at radius 3 is 1.08 bits per heavy atom. The van der Waals surface area contributed by atoms with E-state index >= 15 is 0 Å². The van der Waals surface area contributed by atoms with E-state index in [0.29, 0.717) is 0 Å². The van der Waals surface area contributed by atoms with Crippen LogP contribution in [0.1, 0.15) is 39.5 Å². The molecule has 6 heterocycles. The molecule has 4 aromatic heterocycles. The number of benzene rings is 3. The molecule has 0 atom stereocenters. The summed E-state index contributed by atoms with van der Waals surface area (Å²) in [5.41, 5.74) is 15.1. The van der Waals surface area contributed by atoms with Gasteiger partial charge in [0.05, 0.1) is 34.6 Å². The maximum absolute atomic E-state index is 6.07. The molecule has 2 aliphatic rings. The van der Waals surface area contributed by atoms with Crippen LogP contribution >= 0.6 is 22.7 Å². The molecule has 2 aliphatic heterocycles. The molecule has 0 saturated carbocycles. The van der Waals surface area contributed by atoms with E-state index in [-0.39, 0.29) is 0 Å². The summed E-state index contributed by atoms with van der Waals surface area (Å²) < 4.78 is 10.6. The summed E-state index contributed by atoms with van der Waals surface area (Å²) in [5, 5.41) is 0. The monoisotopic (exact) mass is 680 g/mol. The van der Waals surface area contributed by atoms with Gasteiger partial charge in [-0.3, -0.25) is 0 Å². The van der Waals surface area contributed by atoms with Crippen molar-refractivity contribution in [1.29, 1.82) is 0 Å². The van der Waals surface area contributed by atoms with Crippen molar-refractivity contribution in [3.63, 3.8) is 0 Å². The summed E-state index contributed by atoms with van der Waals surface area (Å²) in [4.78, 5) is 10.8. The lowest BCUT2D eigenvalue weighted by Gasteiger charge is -2.06. The highest BCUT2D eigenvalue weighted by atomic mass is 32.1. The van der Waals surface area contributed by atoms with Gasteiger partial charge in [0.25, 0.3) is 0 Å². The molecule has 0 fully saturated rings. The Kier molecular flexibility index (Phi) is 7.53. The number of nitrogens with zero attached hydrogens (tertiary/aromatic N) is 2. The lowest BCUT2D eigenvalue weighted by molar-refractivity contribution is 0.582. The molecule has 0 spiro atoms. The number of furan rings is 1. The van der Waals surface area contributed by atoms with E-state index in [0.717, 1.165) is 86.3 Å². The number of hydrogen-bond acceptors (Lipinski definition) is 5. The van der Waals surface area contributed by atoms with Crippen molar-refractivity contribution in [2.45, 2.75) is 20.8 Å². The predicted octanol–water partition coefficient (Wildman–Crippen LogP) is 13.3. The van der Waals surface area contributed by atoms with Crippen LogP contribution in [0.25, 0.3) is 87.8 Å². The smallest absolute Gasteiger partial charge is 0.137 e. The van der Waals surface area contributed by atoms with Crippen molar-refractivity contribution >= 4 is 65.8 Å². The lowest BCUT2D eigenvalue weighted by Crippen LogP contribution is -1.87. The number of aromatic nitrogens is 2. The van der Waals surface area contributed by atoms with Gasteiger partial charge in [-0.2, -0.15) is 0 Å². The van der Waals surface area contributed by atoms with Crippen LogP contribution in [0.5, 0.6) is 0 Å². The van der Waals surface area contributed by atoms with Crippen LogP contribution in [0.15, 0.2) is 120 Å². The third kappa shape index (κ3) is 5.45. The minimum atomic E-state index is 0.794. The highest BCUT2D eigenvalue weighted by Gasteiger charge is 2.20. The van der Waals surface area contributed by atoms with E-state index in [1.165, 1.54) is 16.7 Å². The zero-order chi connectivity index (χ0) is 33.8. The van der Waals surface area contributed by atoms with Gasteiger partial charge in [0, 0.05) is 35.5 Å².